The Balaban J connectivity index is 3.14. The Morgan fingerprint density at radius 1 is 1.58 bits per heavy atom. The Kier molecular flexibility index (Phi) is 4.38. The molecule has 0 aliphatic heterocycles. The highest BCUT2D eigenvalue weighted by Crippen LogP contribution is 2.23. The SMILES string of the molecule is CC(C)(CCO)Nc1ncc([N+](=O)[O-])cc1C(=O)O. The average molecular weight is 269 g/mol. The van der Waals surface area contributed by atoms with Crippen LogP contribution in [0.3, 0.4) is 0 Å². The summed E-state index contributed by atoms with van der Waals surface area (Å²) in [5.74, 6) is -1.27. The molecule has 0 saturated heterocycles. The van der Waals surface area contributed by atoms with Crippen molar-refractivity contribution in [2.75, 3.05) is 11.9 Å². The van der Waals surface area contributed by atoms with E-state index in [0.717, 1.165) is 12.3 Å². The van der Waals surface area contributed by atoms with Gasteiger partial charge in [-0.15, -0.1) is 0 Å². The Hall–Kier alpha value is -2.22. The number of nitrogens with zero attached hydrogens (tertiary/aromatic N) is 2. The molecule has 0 bridgehead atoms. The van der Waals surface area contributed by atoms with Crippen LogP contribution in [0.5, 0.6) is 0 Å². The lowest BCUT2D eigenvalue weighted by atomic mass is 10.0. The summed E-state index contributed by atoms with van der Waals surface area (Å²) in [6.07, 6.45) is 1.37. The van der Waals surface area contributed by atoms with E-state index in [1.165, 1.54) is 0 Å². The molecule has 1 heterocycles. The molecule has 0 aliphatic rings. The highest BCUT2D eigenvalue weighted by molar-refractivity contribution is 5.93. The molecule has 1 aromatic heterocycles. The first kappa shape index (κ1) is 14.8. The van der Waals surface area contributed by atoms with Crippen LogP contribution in [-0.2, 0) is 0 Å². The summed E-state index contributed by atoms with van der Waals surface area (Å²) in [6.45, 7) is 3.45. The van der Waals surface area contributed by atoms with Gasteiger partial charge in [-0.3, -0.25) is 10.1 Å². The molecule has 19 heavy (non-hydrogen) atoms. The summed E-state index contributed by atoms with van der Waals surface area (Å²) in [7, 11) is 0. The van der Waals surface area contributed by atoms with Crippen LogP contribution in [0, 0.1) is 10.1 Å². The highest BCUT2D eigenvalue weighted by Gasteiger charge is 2.23. The van der Waals surface area contributed by atoms with E-state index >= 15 is 0 Å². The molecule has 0 radical (unpaired) electrons. The third-order valence-electron chi connectivity index (χ3n) is 2.51. The van der Waals surface area contributed by atoms with Crippen molar-refractivity contribution in [1.82, 2.24) is 4.98 Å². The second kappa shape index (κ2) is 5.61. The molecular weight excluding hydrogens is 254 g/mol. The molecule has 0 atom stereocenters. The van der Waals surface area contributed by atoms with Gasteiger partial charge in [0, 0.05) is 18.2 Å². The zero-order valence-corrected chi connectivity index (χ0v) is 10.6. The van der Waals surface area contributed by atoms with Gasteiger partial charge in [-0.2, -0.15) is 0 Å². The first-order chi connectivity index (χ1) is 8.76. The zero-order chi connectivity index (χ0) is 14.6. The number of aromatic nitrogens is 1. The summed E-state index contributed by atoms with van der Waals surface area (Å²) < 4.78 is 0. The lowest BCUT2D eigenvalue weighted by Gasteiger charge is -2.26. The number of aromatic carboxylic acids is 1. The molecule has 0 fully saturated rings. The molecular formula is C11H15N3O5. The molecule has 0 spiro atoms. The molecule has 8 nitrogen and oxygen atoms in total. The number of hydrogen-bond donors (Lipinski definition) is 3. The predicted molar refractivity (Wildman–Crippen MR) is 67.3 cm³/mol. The fraction of sp³-hybridized carbons (Fsp3) is 0.455. The van der Waals surface area contributed by atoms with E-state index < -0.39 is 16.4 Å². The van der Waals surface area contributed by atoms with Gasteiger partial charge < -0.3 is 15.5 Å². The van der Waals surface area contributed by atoms with Crippen LogP contribution in [-0.4, -0.2) is 38.2 Å². The zero-order valence-electron chi connectivity index (χ0n) is 10.6. The van der Waals surface area contributed by atoms with Crippen LogP contribution in [0.1, 0.15) is 30.6 Å². The van der Waals surface area contributed by atoms with Gasteiger partial charge >= 0.3 is 5.97 Å². The van der Waals surface area contributed by atoms with Crippen molar-refractivity contribution in [3.05, 3.63) is 27.9 Å². The van der Waals surface area contributed by atoms with Crippen LogP contribution in [0.25, 0.3) is 0 Å². The van der Waals surface area contributed by atoms with Crippen LogP contribution in [0.15, 0.2) is 12.3 Å². The minimum Gasteiger partial charge on any atom is -0.478 e. The second-order valence-electron chi connectivity index (χ2n) is 4.63. The molecule has 1 rings (SSSR count). The van der Waals surface area contributed by atoms with Crippen LogP contribution >= 0.6 is 0 Å². The van der Waals surface area contributed by atoms with E-state index in [9.17, 15) is 14.9 Å². The van der Waals surface area contributed by atoms with Crippen molar-refractivity contribution >= 4 is 17.5 Å². The fourth-order valence-electron chi connectivity index (χ4n) is 1.48. The maximum Gasteiger partial charge on any atom is 0.339 e. The number of nitrogens with one attached hydrogen (secondary N) is 1. The molecule has 0 unspecified atom stereocenters. The van der Waals surface area contributed by atoms with Crippen molar-refractivity contribution < 1.29 is 19.9 Å². The average Bonchev–Trinajstić information content (AvgIpc) is 2.27. The normalized spacial score (nSPS) is 11.1. The van der Waals surface area contributed by atoms with Crippen molar-refractivity contribution in [1.29, 1.82) is 0 Å². The van der Waals surface area contributed by atoms with E-state index in [4.69, 9.17) is 10.2 Å². The Morgan fingerprint density at radius 2 is 2.21 bits per heavy atom. The number of carboxylic acids is 1. The van der Waals surface area contributed by atoms with Gasteiger partial charge in [0.15, 0.2) is 0 Å². The van der Waals surface area contributed by atoms with Gasteiger partial charge in [-0.05, 0) is 20.3 Å². The monoisotopic (exact) mass is 269 g/mol. The molecule has 1 aromatic rings. The van der Waals surface area contributed by atoms with E-state index in [1.54, 1.807) is 13.8 Å². The molecule has 104 valence electrons. The minimum absolute atomic E-state index is 0.0385. The Bertz CT molecular complexity index is 501. The van der Waals surface area contributed by atoms with E-state index in [2.05, 4.69) is 10.3 Å². The number of hydrogen-bond acceptors (Lipinski definition) is 6. The molecule has 0 amide bonds. The summed E-state index contributed by atoms with van der Waals surface area (Å²) in [5.41, 5.74) is -1.25. The number of carbonyl (C=O) groups is 1. The first-order valence-electron chi connectivity index (χ1n) is 5.53. The van der Waals surface area contributed by atoms with E-state index in [0.29, 0.717) is 6.42 Å². The van der Waals surface area contributed by atoms with Gasteiger partial charge in [0.05, 0.1) is 4.92 Å². The summed E-state index contributed by atoms with van der Waals surface area (Å²) in [5, 5.41) is 31.4. The summed E-state index contributed by atoms with van der Waals surface area (Å²) in [6, 6.07) is 0.951. The van der Waals surface area contributed by atoms with E-state index in [-0.39, 0.29) is 23.7 Å². The maximum atomic E-state index is 11.1. The maximum absolute atomic E-state index is 11.1. The van der Waals surface area contributed by atoms with Gasteiger partial charge in [-0.25, -0.2) is 9.78 Å². The summed E-state index contributed by atoms with van der Waals surface area (Å²) in [4.78, 5) is 24.7. The first-order valence-corrected chi connectivity index (χ1v) is 5.53. The van der Waals surface area contributed by atoms with Crippen molar-refractivity contribution in [2.24, 2.45) is 0 Å². The third-order valence-corrected chi connectivity index (χ3v) is 2.51. The number of pyridine rings is 1. The number of carboxylic acid groups (broad SMARTS) is 1. The number of aliphatic hydroxyl groups is 1. The fourth-order valence-corrected chi connectivity index (χ4v) is 1.48. The molecule has 8 heteroatoms. The van der Waals surface area contributed by atoms with Crippen LogP contribution in [0.4, 0.5) is 11.5 Å². The van der Waals surface area contributed by atoms with Gasteiger partial charge in [0.25, 0.3) is 5.69 Å². The minimum atomic E-state index is -1.31. The summed E-state index contributed by atoms with van der Waals surface area (Å²) >= 11 is 0. The molecule has 0 aromatic carbocycles. The topological polar surface area (TPSA) is 126 Å². The molecule has 0 saturated carbocycles. The number of rotatable bonds is 6. The van der Waals surface area contributed by atoms with Crippen molar-refractivity contribution in [3.8, 4) is 0 Å². The van der Waals surface area contributed by atoms with Crippen molar-refractivity contribution in [2.45, 2.75) is 25.8 Å². The number of aliphatic hydroxyl groups excluding tert-OH is 1. The van der Waals surface area contributed by atoms with E-state index in [1.807, 2.05) is 0 Å². The van der Waals surface area contributed by atoms with Crippen LogP contribution in [0.2, 0.25) is 0 Å². The van der Waals surface area contributed by atoms with Crippen LogP contribution < -0.4 is 5.32 Å². The number of nitro groups is 1. The molecule has 3 N–H and O–H groups in total. The highest BCUT2D eigenvalue weighted by atomic mass is 16.6. The smallest absolute Gasteiger partial charge is 0.339 e. The quantitative estimate of drug-likeness (QED) is 0.524. The predicted octanol–water partition coefficient (Wildman–Crippen LogP) is 1.26. The second-order valence-corrected chi connectivity index (χ2v) is 4.63. The van der Waals surface area contributed by atoms with Gasteiger partial charge in [0.1, 0.15) is 17.6 Å². The molecule has 0 aliphatic carbocycles. The largest absolute Gasteiger partial charge is 0.478 e. The third kappa shape index (κ3) is 3.88. The number of anilines is 1. The Morgan fingerprint density at radius 3 is 2.68 bits per heavy atom. The lowest BCUT2D eigenvalue weighted by molar-refractivity contribution is -0.385. The lowest BCUT2D eigenvalue weighted by Crippen LogP contribution is -2.33. The standard InChI is InChI=1S/C11H15N3O5/c1-11(2,3-4-15)13-9-8(10(16)17)5-7(6-12-9)14(18)19/h5-6,15H,3-4H2,1-2H3,(H,12,13)(H,16,17). The van der Waals surface area contributed by atoms with Gasteiger partial charge in [-0.1, -0.05) is 0 Å². The Labute approximate surface area is 109 Å². The van der Waals surface area contributed by atoms with Gasteiger partial charge in [0.2, 0.25) is 0 Å². The van der Waals surface area contributed by atoms with Crippen molar-refractivity contribution in [3.63, 3.8) is 0 Å².